The Morgan fingerprint density at radius 1 is 1.64 bits per heavy atom. The Bertz CT molecular complexity index is 154. The predicted molar refractivity (Wildman–Crippen MR) is 45.2 cm³/mol. The number of carbonyl (C=O) groups is 1. The monoisotopic (exact) mass is 155 g/mol. The van der Waals surface area contributed by atoms with Crippen LogP contribution in [0.3, 0.4) is 0 Å². The van der Waals surface area contributed by atoms with Crippen molar-refractivity contribution in [2.24, 2.45) is 17.6 Å². The molecule has 2 nitrogen and oxygen atoms in total. The van der Waals surface area contributed by atoms with Crippen LogP contribution in [0.5, 0.6) is 0 Å². The maximum Gasteiger partial charge on any atom is 0.149 e. The Labute approximate surface area is 68.2 Å². The van der Waals surface area contributed by atoms with Crippen LogP contribution in [0.4, 0.5) is 0 Å². The molecule has 2 N–H and O–H groups in total. The summed E-state index contributed by atoms with van der Waals surface area (Å²) >= 11 is 0. The van der Waals surface area contributed by atoms with E-state index in [1.165, 1.54) is 12.8 Å². The van der Waals surface area contributed by atoms with Gasteiger partial charge in [-0.2, -0.15) is 0 Å². The lowest BCUT2D eigenvalue weighted by Crippen LogP contribution is -2.26. The standard InChI is InChI=1S/C9H17NO/c1-3-7-4-8(7)5-9(11)6(2)10/h6-8H,3-5,10H2,1-2H3/t6-,7-,8+/m1/s1. The number of nitrogens with two attached hydrogens (primary N) is 1. The minimum atomic E-state index is -0.256. The Hall–Kier alpha value is -0.370. The molecule has 0 aromatic rings. The summed E-state index contributed by atoms with van der Waals surface area (Å²) in [5, 5.41) is 0. The number of rotatable bonds is 4. The fourth-order valence-electron chi connectivity index (χ4n) is 1.50. The van der Waals surface area contributed by atoms with Gasteiger partial charge in [-0.25, -0.2) is 0 Å². The Balaban J connectivity index is 2.18. The number of carbonyl (C=O) groups excluding carboxylic acids is 1. The zero-order valence-electron chi connectivity index (χ0n) is 7.34. The summed E-state index contributed by atoms with van der Waals surface area (Å²) in [6.45, 7) is 3.95. The lowest BCUT2D eigenvalue weighted by atomic mass is 10.1. The Kier molecular flexibility index (Phi) is 2.66. The molecule has 0 spiro atoms. The molecule has 3 atom stereocenters. The van der Waals surface area contributed by atoms with Crippen LogP contribution in [0.15, 0.2) is 0 Å². The Morgan fingerprint density at radius 2 is 2.27 bits per heavy atom. The van der Waals surface area contributed by atoms with Gasteiger partial charge in [-0.05, 0) is 25.2 Å². The molecule has 0 bridgehead atoms. The fraction of sp³-hybridized carbons (Fsp3) is 0.889. The van der Waals surface area contributed by atoms with Crippen molar-refractivity contribution in [3.63, 3.8) is 0 Å². The van der Waals surface area contributed by atoms with Crippen LogP contribution in [-0.4, -0.2) is 11.8 Å². The molecule has 0 aromatic heterocycles. The normalized spacial score (nSPS) is 31.5. The quantitative estimate of drug-likeness (QED) is 0.665. The van der Waals surface area contributed by atoms with Crippen LogP contribution in [0.1, 0.15) is 33.1 Å². The maximum absolute atomic E-state index is 11.1. The third-order valence-corrected chi connectivity index (χ3v) is 2.56. The minimum absolute atomic E-state index is 0.228. The topological polar surface area (TPSA) is 43.1 Å². The van der Waals surface area contributed by atoms with Crippen molar-refractivity contribution in [2.75, 3.05) is 0 Å². The first-order valence-electron chi connectivity index (χ1n) is 4.43. The minimum Gasteiger partial charge on any atom is -0.322 e. The lowest BCUT2D eigenvalue weighted by molar-refractivity contribution is -0.120. The lowest BCUT2D eigenvalue weighted by Gasteiger charge is -2.02. The van der Waals surface area contributed by atoms with E-state index >= 15 is 0 Å². The van der Waals surface area contributed by atoms with Crippen LogP contribution < -0.4 is 5.73 Å². The summed E-state index contributed by atoms with van der Waals surface area (Å²) in [5.41, 5.74) is 5.45. The van der Waals surface area contributed by atoms with Gasteiger partial charge in [0.1, 0.15) is 5.78 Å². The number of ketones is 1. The summed E-state index contributed by atoms with van der Waals surface area (Å²) in [7, 11) is 0. The van der Waals surface area contributed by atoms with Gasteiger partial charge in [0.2, 0.25) is 0 Å². The molecule has 64 valence electrons. The third-order valence-electron chi connectivity index (χ3n) is 2.56. The summed E-state index contributed by atoms with van der Waals surface area (Å²) in [5.74, 6) is 1.71. The van der Waals surface area contributed by atoms with E-state index < -0.39 is 0 Å². The molecule has 0 unspecified atom stereocenters. The molecule has 0 heterocycles. The molecule has 1 aliphatic rings. The second-order valence-electron chi connectivity index (χ2n) is 3.62. The van der Waals surface area contributed by atoms with Crippen molar-refractivity contribution in [2.45, 2.75) is 39.2 Å². The van der Waals surface area contributed by atoms with Crippen molar-refractivity contribution in [1.82, 2.24) is 0 Å². The van der Waals surface area contributed by atoms with E-state index in [0.29, 0.717) is 5.92 Å². The third kappa shape index (κ3) is 2.29. The van der Waals surface area contributed by atoms with Gasteiger partial charge in [0.25, 0.3) is 0 Å². The average molecular weight is 155 g/mol. The van der Waals surface area contributed by atoms with Gasteiger partial charge < -0.3 is 5.73 Å². The molecule has 1 saturated carbocycles. The highest BCUT2D eigenvalue weighted by Crippen LogP contribution is 2.43. The molecule has 0 aliphatic heterocycles. The van der Waals surface area contributed by atoms with E-state index in [4.69, 9.17) is 5.73 Å². The van der Waals surface area contributed by atoms with Gasteiger partial charge >= 0.3 is 0 Å². The highest BCUT2D eigenvalue weighted by molar-refractivity contribution is 5.83. The molecular weight excluding hydrogens is 138 g/mol. The first kappa shape index (κ1) is 8.72. The highest BCUT2D eigenvalue weighted by Gasteiger charge is 2.36. The second kappa shape index (κ2) is 3.35. The van der Waals surface area contributed by atoms with Crippen LogP contribution in [0.2, 0.25) is 0 Å². The van der Waals surface area contributed by atoms with Crippen LogP contribution in [-0.2, 0) is 4.79 Å². The number of hydrogen-bond donors (Lipinski definition) is 1. The van der Waals surface area contributed by atoms with Crippen molar-refractivity contribution >= 4 is 5.78 Å². The van der Waals surface area contributed by atoms with E-state index in [9.17, 15) is 4.79 Å². The zero-order chi connectivity index (χ0) is 8.43. The maximum atomic E-state index is 11.1. The average Bonchev–Trinajstić information content (AvgIpc) is 2.67. The molecule has 1 aliphatic carbocycles. The van der Waals surface area contributed by atoms with Crippen molar-refractivity contribution in [3.8, 4) is 0 Å². The van der Waals surface area contributed by atoms with E-state index in [-0.39, 0.29) is 11.8 Å². The summed E-state index contributed by atoms with van der Waals surface area (Å²) < 4.78 is 0. The second-order valence-corrected chi connectivity index (χ2v) is 3.62. The number of Topliss-reactive ketones (excluding diaryl/α,β-unsaturated/α-hetero) is 1. The fourth-order valence-corrected chi connectivity index (χ4v) is 1.50. The van der Waals surface area contributed by atoms with Crippen LogP contribution in [0.25, 0.3) is 0 Å². The van der Waals surface area contributed by atoms with Crippen molar-refractivity contribution in [1.29, 1.82) is 0 Å². The van der Waals surface area contributed by atoms with E-state index in [0.717, 1.165) is 12.3 Å². The highest BCUT2D eigenvalue weighted by atomic mass is 16.1. The summed E-state index contributed by atoms with van der Waals surface area (Å²) in [6.07, 6.45) is 3.18. The molecule has 0 amide bonds. The molecule has 1 rings (SSSR count). The van der Waals surface area contributed by atoms with Gasteiger partial charge in [0.15, 0.2) is 0 Å². The molecule has 11 heavy (non-hydrogen) atoms. The van der Waals surface area contributed by atoms with Gasteiger partial charge in [-0.1, -0.05) is 13.3 Å². The van der Waals surface area contributed by atoms with Crippen molar-refractivity contribution in [3.05, 3.63) is 0 Å². The van der Waals surface area contributed by atoms with E-state index in [1.54, 1.807) is 6.92 Å². The molecule has 2 heteroatoms. The Morgan fingerprint density at radius 3 is 2.64 bits per heavy atom. The van der Waals surface area contributed by atoms with Gasteiger partial charge in [0, 0.05) is 6.42 Å². The first-order chi connectivity index (χ1) is 5.15. The summed E-state index contributed by atoms with van der Waals surface area (Å²) in [4.78, 5) is 11.1. The molecule has 0 aromatic carbocycles. The SMILES string of the molecule is CC[C@@H]1C[C@H]1CC(=O)[C@@H](C)N. The summed E-state index contributed by atoms with van der Waals surface area (Å²) in [6, 6.07) is -0.256. The molecular formula is C9H17NO. The van der Waals surface area contributed by atoms with Crippen molar-refractivity contribution < 1.29 is 4.79 Å². The first-order valence-corrected chi connectivity index (χ1v) is 4.43. The zero-order valence-corrected chi connectivity index (χ0v) is 7.34. The largest absolute Gasteiger partial charge is 0.322 e. The van der Waals surface area contributed by atoms with E-state index in [2.05, 4.69) is 6.92 Å². The predicted octanol–water partition coefficient (Wildman–Crippen LogP) is 1.34. The van der Waals surface area contributed by atoms with E-state index in [1.807, 2.05) is 0 Å². The smallest absolute Gasteiger partial charge is 0.149 e. The van der Waals surface area contributed by atoms with Crippen LogP contribution >= 0.6 is 0 Å². The molecule has 1 fully saturated rings. The molecule has 0 radical (unpaired) electrons. The van der Waals surface area contributed by atoms with Gasteiger partial charge in [-0.15, -0.1) is 0 Å². The molecule has 0 saturated heterocycles. The van der Waals surface area contributed by atoms with Gasteiger partial charge in [-0.3, -0.25) is 4.79 Å². The van der Waals surface area contributed by atoms with Gasteiger partial charge in [0.05, 0.1) is 6.04 Å². The number of hydrogen-bond acceptors (Lipinski definition) is 2. The van der Waals surface area contributed by atoms with Crippen LogP contribution in [0, 0.1) is 11.8 Å².